The molecule has 0 unspecified atom stereocenters. The number of nitrogens with zero attached hydrogens (tertiary/aromatic N) is 2. The lowest BCUT2D eigenvalue weighted by Gasteiger charge is -2.08. The molecule has 0 aliphatic carbocycles. The lowest BCUT2D eigenvalue weighted by atomic mass is 10.1. The Labute approximate surface area is 136 Å². The van der Waals surface area contributed by atoms with Crippen molar-refractivity contribution in [1.82, 2.24) is 15.1 Å². The number of amides is 1. The van der Waals surface area contributed by atoms with E-state index in [0.717, 1.165) is 19.3 Å². The average Bonchev–Trinajstić information content (AvgIpc) is 2.51. The van der Waals surface area contributed by atoms with Gasteiger partial charge in [-0.2, -0.15) is 5.10 Å². The third-order valence-electron chi connectivity index (χ3n) is 3.18. The maximum absolute atomic E-state index is 11.9. The van der Waals surface area contributed by atoms with E-state index in [-0.39, 0.29) is 23.8 Å². The van der Waals surface area contributed by atoms with Crippen molar-refractivity contribution < 1.29 is 14.3 Å². The summed E-state index contributed by atoms with van der Waals surface area (Å²) in [6.07, 6.45) is 2.58. The van der Waals surface area contributed by atoms with Crippen LogP contribution in [0.1, 0.15) is 50.5 Å². The lowest BCUT2D eigenvalue weighted by Crippen LogP contribution is -2.31. The Balaban J connectivity index is 2.51. The molecule has 0 atom stereocenters. The lowest BCUT2D eigenvalue weighted by molar-refractivity contribution is -0.124. The Bertz CT molecular complexity index is 581. The van der Waals surface area contributed by atoms with Gasteiger partial charge in [0.15, 0.2) is 12.3 Å². The summed E-state index contributed by atoms with van der Waals surface area (Å²) in [5.74, 6) is -0.571. The number of ether oxygens (including phenoxy) is 1. The quantitative estimate of drug-likeness (QED) is 0.693. The van der Waals surface area contributed by atoms with Crippen LogP contribution < -0.4 is 10.9 Å². The minimum atomic E-state index is -0.714. The summed E-state index contributed by atoms with van der Waals surface area (Å²) in [5, 5.41) is 6.65. The summed E-state index contributed by atoms with van der Waals surface area (Å²) < 4.78 is 6.16. The first-order chi connectivity index (χ1) is 10.9. The first kappa shape index (κ1) is 18.9. The molecule has 0 aliphatic heterocycles. The minimum absolute atomic E-state index is 0.0238. The maximum Gasteiger partial charge on any atom is 0.359 e. The molecule has 1 amide bonds. The van der Waals surface area contributed by atoms with Gasteiger partial charge >= 0.3 is 5.97 Å². The molecule has 1 heterocycles. The molecule has 0 saturated carbocycles. The minimum Gasteiger partial charge on any atom is -0.451 e. The van der Waals surface area contributed by atoms with Gasteiger partial charge in [0, 0.05) is 19.2 Å². The van der Waals surface area contributed by atoms with E-state index >= 15 is 0 Å². The van der Waals surface area contributed by atoms with Gasteiger partial charge in [0.1, 0.15) is 0 Å². The molecule has 1 aromatic heterocycles. The third kappa shape index (κ3) is 7.08. The molecule has 0 saturated heterocycles. The van der Waals surface area contributed by atoms with Crippen LogP contribution in [0.2, 0.25) is 0 Å². The Hall–Kier alpha value is -2.18. The van der Waals surface area contributed by atoms with Crippen LogP contribution in [-0.2, 0) is 16.1 Å². The zero-order valence-corrected chi connectivity index (χ0v) is 14.0. The monoisotopic (exact) mass is 323 g/mol. The number of hydrogen-bond donors (Lipinski definition) is 1. The van der Waals surface area contributed by atoms with Crippen molar-refractivity contribution in [3.05, 3.63) is 28.2 Å². The molecule has 7 nitrogen and oxygen atoms in total. The summed E-state index contributed by atoms with van der Waals surface area (Å²) in [6, 6.07) is 2.59. The van der Waals surface area contributed by atoms with Gasteiger partial charge in [-0.1, -0.05) is 27.2 Å². The van der Waals surface area contributed by atoms with E-state index in [4.69, 9.17) is 4.74 Å². The van der Waals surface area contributed by atoms with Crippen molar-refractivity contribution in [3.63, 3.8) is 0 Å². The Morgan fingerprint density at radius 2 is 2.09 bits per heavy atom. The first-order valence-electron chi connectivity index (χ1n) is 7.96. The topological polar surface area (TPSA) is 90.3 Å². The highest BCUT2D eigenvalue weighted by Gasteiger charge is 2.13. The molecule has 7 heteroatoms. The number of aryl methyl sites for hydroxylation is 1. The number of rotatable bonds is 9. The SMILES string of the molecule is CCCCn1nc(C(=O)OCC(=O)NCCC(C)C)ccc1=O. The highest BCUT2D eigenvalue weighted by atomic mass is 16.5. The van der Waals surface area contributed by atoms with Crippen LogP contribution in [0.5, 0.6) is 0 Å². The molecule has 23 heavy (non-hydrogen) atoms. The molecule has 1 rings (SSSR count). The van der Waals surface area contributed by atoms with Crippen LogP contribution >= 0.6 is 0 Å². The van der Waals surface area contributed by atoms with Crippen molar-refractivity contribution >= 4 is 11.9 Å². The molecule has 0 fully saturated rings. The fraction of sp³-hybridized carbons (Fsp3) is 0.625. The summed E-state index contributed by atoms with van der Waals surface area (Å²) >= 11 is 0. The molecule has 1 N–H and O–H groups in total. The molecule has 0 aliphatic rings. The predicted molar refractivity (Wildman–Crippen MR) is 86.2 cm³/mol. The summed E-state index contributed by atoms with van der Waals surface area (Å²) in [5.41, 5.74) is -0.239. The van der Waals surface area contributed by atoms with Crippen molar-refractivity contribution in [2.75, 3.05) is 13.2 Å². The molecule has 1 aromatic rings. The third-order valence-corrected chi connectivity index (χ3v) is 3.18. The average molecular weight is 323 g/mol. The van der Waals surface area contributed by atoms with Gasteiger partial charge in [-0.3, -0.25) is 9.59 Å². The second-order valence-corrected chi connectivity index (χ2v) is 5.74. The number of carbonyl (C=O) groups excluding carboxylic acids is 2. The standard InChI is InChI=1S/C16H25N3O4/c1-4-5-10-19-15(21)7-6-13(18-19)16(22)23-11-14(20)17-9-8-12(2)3/h6-7,12H,4-5,8-11H2,1-3H3,(H,17,20). The molecule has 0 spiro atoms. The highest BCUT2D eigenvalue weighted by Crippen LogP contribution is 1.98. The van der Waals surface area contributed by atoms with Crippen LogP contribution in [0, 0.1) is 5.92 Å². The second kappa shape index (κ2) is 9.76. The Morgan fingerprint density at radius 3 is 2.74 bits per heavy atom. The van der Waals surface area contributed by atoms with Gasteiger partial charge in [-0.05, 0) is 24.8 Å². The van der Waals surface area contributed by atoms with E-state index in [2.05, 4.69) is 24.3 Å². The van der Waals surface area contributed by atoms with E-state index in [1.807, 2.05) is 6.92 Å². The van der Waals surface area contributed by atoms with Gasteiger partial charge in [0.25, 0.3) is 11.5 Å². The van der Waals surface area contributed by atoms with Gasteiger partial charge in [0.05, 0.1) is 0 Å². The van der Waals surface area contributed by atoms with Crippen molar-refractivity contribution in [2.45, 2.75) is 46.6 Å². The Morgan fingerprint density at radius 1 is 1.35 bits per heavy atom. The zero-order chi connectivity index (χ0) is 17.2. The van der Waals surface area contributed by atoms with Crippen LogP contribution in [0.15, 0.2) is 16.9 Å². The van der Waals surface area contributed by atoms with Crippen molar-refractivity contribution in [3.8, 4) is 0 Å². The van der Waals surface area contributed by atoms with Crippen LogP contribution in [-0.4, -0.2) is 34.8 Å². The predicted octanol–water partition coefficient (Wildman–Crippen LogP) is 1.36. The number of carbonyl (C=O) groups is 2. The summed E-state index contributed by atoms with van der Waals surface area (Å²) in [6.45, 7) is 6.77. The van der Waals surface area contributed by atoms with E-state index in [0.29, 0.717) is 19.0 Å². The van der Waals surface area contributed by atoms with Gasteiger partial charge in [-0.15, -0.1) is 0 Å². The van der Waals surface area contributed by atoms with Crippen LogP contribution in [0.3, 0.4) is 0 Å². The molecule has 0 radical (unpaired) electrons. The number of esters is 1. The van der Waals surface area contributed by atoms with Crippen LogP contribution in [0.4, 0.5) is 0 Å². The number of aromatic nitrogens is 2. The van der Waals surface area contributed by atoms with E-state index in [1.165, 1.54) is 16.8 Å². The molecule has 0 aromatic carbocycles. The van der Waals surface area contributed by atoms with Gasteiger partial charge < -0.3 is 10.1 Å². The molecular formula is C16H25N3O4. The fourth-order valence-corrected chi connectivity index (χ4v) is 1.78. The normalized spacial score (nSPS) is 10.6. The van der Waals surface area contributed by atoms with Gasteiger partial charge in [-0.25, -0.2) is 9.48 Å². The number of nitrogens with one attached hydrogen (secondary N) is 1. The fourth-order valence-electron chi connectivity index (χ4n) is 1.78. The Kier molecular flexibility index (Phi) is 8.01. The molecular weight excluding hydrogens is 298 g/mol. The zero-order valence-electron chi connectivity index (χ0n) is 14.0. The van der Waals surface area contributed by atoms with E-state index in [9.17, 15) is 14.4 Å². The van der Waals surface area contributed by atoms with E-state index in [1.54, 1.807) is 0 Å². The first-order valence-corrected chi connectivity index (χ1v) is 7.96. The summed E-state index contributed by atoms with van der Waals surface area (Å²) in [7, 11) is 0. The van der Waals surface area contributed by atoms with Gasteiger partial charge in [0.2, 0.25) is 0 Å². The maximum atomic E-state index is 11.9. The molecule has 128 valence electrons. The molecule has 0 bridgehead atoms. The second-order valence-electron chi connectivity index (χ2n) is 5.74. The summed E-state index contributed by atoms with van der Waals surface area (Å²) in [4.78, 5) is 35.1. The van der Waals surface area contributed by atoms with Crippen molar-refractivity contribution in [1.29, 1.82) is 0 Å². The number of unbranched alkanes of at least 4 members (excludes halogenated alkanes) is 1. The van der Waals surface area contributed by atoms with Crippen LogP contribution in [0.25, 0.3) is 0 Å². The highest BCUT2D eigenvalue weighted by molar-refractivity contribution is 5.89. The number of hydrogen-bond acceptors (Lipinski definition) is 5. The largest absolute Gasteiger partial charge is 0.451 e. The van der Waals surface area contributed by atoms with Crippen molar-refractivity contribution in [2.24, 2.45) is 5.92 Å². The van der Waals surface area contributed by atoms with E-state index < -0.39 is 5.97 Å². The smallest absolute Gasteiger partial charge is 0.359 e.